The predicted molar refractivity (Wildman–Crippen MR) is 85.2 cm³/mol. The lowest BCUT2D eigenvalue weighted by molar-refractivity contribution is 0.100. The van der Waals surface area contributed by atoms with Crippen LogP contribution in [0.15, 0.2) is 30.3 Å². The average Bonchev–Trinajstić information content (AvgIpc) is 2.47. The van der Waals surface area contributed by atoms with E-state index in [-0.39, 0.29) is 5.92 Å². The van der Waals surface area contributed by atoms with Crippen molar-refractivity contribution in [1.29, 1.82) is 0 Å². The van der Waals surface area contributed by atoms with Crippen molar-refractivity contribution in [2.45, 2.75) is 39.5 Å². The van der Waals surface area contributed by atoms with Gasteiger partial charge in [-0.3, -0.25) is 4.79 Å². The van der Waals surface area contributed by atoms with Crippen LogP contribution in [-0.4, -0.2) is 15.9 Å². The molecule has 0 saturated carbocycles. The molecule has 0 aliphatic carbocycles. The molecule has 0 bridgehead atoms. The maximum atomic E-state index is 11.1. The van der Waals surface area contributed by atoms with E-state index >= 15 is 0 Å². The summed E-state index contributed by atoms with van der Waals surface area (Å²) in [5.74, 6) is 1.92. The number of carbonyl (C=O) groups is 1. The highest BCUT2D eigenvalue weighted by Crippen LogP contribution is 2.25. The van der Waals surface area contributed by atoms with Gasteiger partial charge in [-0.2, -0.15) is 4.98 Å². The van der Waals surface area contributed by atoms with E-state index in [1.807, 2.05) is 19.9 Å². The predicted octanol–water partition coefficient (Wildman–Crippen LogP) is 3.61. The van der Waals surface area contributed by atoms with Gasteiger partial charge in [0.25, 0.3) is 0 Å². The first-order valence-corrected chi connectivity index (χ1v) is 7.33. The third kappa shape index (κ3) is 3.81. The number of nitrogens with zero attached hydrogens (tertiary/aromatic N) is 2. The van der Waals surface area contributed by atoms with Crippen LogP contribution in [0, 0.1) is 0 Å². The van der Waals surface area contributed by atoms with E-state index in [1.165, 1.54) is 0 Å². The van der Waals surface area contributed by atoms with Crippen molar-refractivity contribution < 1.29 is 9.53 Å². The van der Waals surface area contributed by atoms with Crippen molar-refractivity contribution in [1.82, 2.24) is 9.97 Å². The number of rotatable bonds is 5. The molecule has 1 heterocycles. The van der Waals surface area contributed by atoms with Gasteiger partial charge in [0.15, 0.2) is 0 Å². The first kappa shape index (κ1) is 15.9. The molecule has 0 spiro atoms. The fraction of sp³-hybridized carbons (Fsp3) is 0.353. The molecular formula is C17H21N3O2. The summed E-state index contributed by atoms with van der Waals surface area (Å²) >= 11 is 0. The second-order valence-electron chi connectivity index (χ2n) is 5.79. The fourth-order valence-corrected chi connectivity index (χ4v) is 1.88. The highest BCUT2D eigenvalue weighted by atomic mass is 16.5. The van der Waals surface area contributed by atoms with Crippen molar-refractivity contribution in [3.8, 4) is 11.6 Å². The quantitative estimate of drug-likeness (QED) is 0.914. The number of primary amides is 1. The van der Waals surface area contributed by atoms with Crippen LogP contribution in [0.5, 0.6) is 11.6 Å². The van der Waals surface area contributed by atoms with E-state index < -0.39 is 5.91 Å². The fourth-order valence-electron chi connectivity index (χ4n) is 1.88. The molecule has 116 valence electrons. The van der Waals surface area contributed by atoms with E-state index in [4.69, 9.17) is 10.5 Å². The summed E-state index contributed by atoms with van der Waals surface area (Å²) in [4.78, 5) is 20.1. The molecule has 2 rings (SSSR count). The Labute approximate surface area is 130 Å². The number of carbonyl (C=O) groups excluding carboxylic acids is 1. The monoisotopic (exact) mass is 299 g/mol. The van der Waals surface area contributed by atoms with Crippen LogP contribution in [0.1, 0.15) is 61.4 Å². The molecule has 0 unspecified atom stereocenters. The molecule has 1 amide bonds. The van der Waals surface area contributed by atoms with Crippen LogP contribution in [0.3, 0.4) is 0 Å². The first-order valence-electron chi connectivity index (χ1n) is 7.33. The Balaban J connectivity index is 2.29. The number of benzene rings is 1. The number of ether oxygens (including phenoxy) is 1. The van der Waals surface area contributed by atoms with Gasteiger partial charge in [0, 0.05) is 17.5 Å². The zero-order valence-corrected chi connectivity index (χ0v) is 13.3. The lowest BCUT2D eigenvalue weighted by Crippen LogP contribution is -2.10. The standard InChI is InChI=1S/C17H21N3O2/c1-10(2)14-9-15(20-17(19-14)11(3)4)22-13-7-5-12(6-8-13)16(18)21/h5-11H,1-4H3,(H2,18,21). The molecule has 0 fully saturated rings. The normalized spacial score (nSPS) is 11.0. The second-order valence-corrected chi connectivity index (χ2v) is 5.79. The van der Waals surface area contributed by atoms with Gasteiger partial charge in [-0.25, -0.2) is 4.98 Å². The number of amides is 1. The molecule has 5 heteroatoms. The lowest BCUT2D eigenvalue weighted by Gasteiger charge is -2.12. The highest BCUT2D eigenvalue weighted by molar-refractivity contribution is 5.92. The van der Waals surface area contributed by atoms with Crippen LogP contribution >= 0.6 is 0 Å². The minimum Gasteiger partial charge on any atom is -0.439 e. The second kappa shape index (κ2) is 6.56. The van der Waals surface area contributed by atoms with Gasteiger partial charge >= 0.3 is 0 Å². The summed E-state index contributed by atoms with van der Waals surface area (Å²) in [6, 6.07) is 8.51. The van der Waals surface area contributed by atoms with Gasteiger partial charge in [0.05, 0.1) is 5.69 Å². The molecule has 2 aromatic rings. The maximum absolute atomic E-state index is 11.1. The van der Waals surface area contributed by atoms with E-state index in [0.717, 1.165) is 11.5 Å². The van der Waals surface area contributed by atoms with Crippen molar-refractivity contribution in [3.05, 3.63) is 47.4 Å². The average molecular weight is 299 g/mol. The van der Waals surface area contributed by atoms with E-state index in [1.54, 1.807) is 24.3 Å². The van der Waals surface area contributed by atoms with Crippen molar-refractivity contribution >= 4 is 5.91 Å². The molecule has 0 radical (unpaired) electrons. The molecule has 5 nitrogen and oxygen atoms in total. The zero-order chi connectivity index (χ0) is 16.3. The molecule has 1 aromatic heterocycles. The maximum Gasteiger partial charge on any atom is 0.248 e. The lowest BCUT2D eigenvalue weighted by atomic mass is 10.1. The molecule has 0 saturated heterocycles. The number of hydrogen-bond acceptors (Lipinski definition) is 4. The van der Waals surface area contributed by atoms with Crippen LogP contribution in [0.2, 0.25) is 0 Å². The zero-order valence-electron chi connectivity index (χ0n) is 13.3. The molecule has 0 aliphatic rings. The summed E-state index contributed by atoms with van der Waals surface area (Å²) in [5, 5.41) is 0. The van der Waals surface area contributed by atoms with E-state index in [0.29, 0.717) is 23.1 Å². The molecule has 0 aliphatic heterocycles. The minimum atomic E-state index is -0.460. The SMILES string of the molecule is CC(C)c1cc(Oc2ccc(C(N)=O)cc2)nc(C(C)C)n1. The Morgan fingerprint density at radius 3 is 2.18 bits per heavy atom. The smallest absolute Gasteiger partial charge is 0.248 e. The van der Waals surface area contributed by atoms with Gasteiger partial charge in [-0.05, 0) is 30.2 Å². The molecule has 2 N–H and O–H groups in total. The molecule has 0 atom stereocenters. The van der Waals surface area contributed by atoms with Gasteiger partial charge in [0.1, 0.15) is 11.6 Å². The van der Waals surface area contributed by atoms with Crippen LogP contribution in [0.4, 0.5) is 0 Å². The topological polar surface area (TPSA) is 78.1 Å². The van der Waals surface area contributed by atoms with Crippen molar-refractivity contribution in [3.63, 3.8) is 0 Å². The summed E-state index contributed by atoms with van der Waals surface area (Å²) in [6.07, 6.45) is 0. The third-order valence-corrected chi connectivity index (χ3v) is 3.21. The van der Waals surface area contributed by atoms with Crippen molar-refractivity contribution in [2.24, 2.45) is 5.73 Å². The van der Waals surface area contributed by atoms with Gasteiger partial charge in [-0.1, -0.05) is 27.7 Å². The van der Waals surface area contributed by atoms with Crippen LogP contribution < -0.4 is 10.5 Å². The third-order valence-electron chi connectivity index (χ3n) is 3.21. The number of hydrogen-bond donors (Lipinski definition) is 1. The van der Waals surface area contributed by atoms with Crippen molar-refractivity contribution in [2.75, 3.05) is 0 Å². The molecular weight excluding hydrogens is 278 g/mol. The Kier molecular flexibility index (Phi) is 4.75. The van der Waals surface area contributed by atoms with E-state index in [2.05, 4.69) is 23.8 Å². The summed E-state index contributed by atoms with van der Waals surface area (Å²) in [7, 11) is 0. The Morgan fingerprint density at radius 1 is 1.05 bits per heavy atom. The highest BCUT2D eigenvalue weighted by Gasteiger charge is 2.12. The Morgan fingerprint density at radius 2 is 1.68 bits per heavy atom. The summed E-state index contributed by atoms with van der Waals surface area (Å²) < 4.78 is 5.79. The molecule has 1 aromatic carbocycles. The summed E-state index contributed by atoms with van der Waals surface area (Å²) in [6.45, 7) is 8.26. The van der Waals surface area contributed by atoms with E-state index in [9.17, 15) is 4.79 Å². The Hall–Kier alpha value is -2.43. The van der Waals surface area contributed by atoms with Crippen LogP contribution in [-0.2, 0) is 0 Å². The first-order chi connectivity index (χ1) is 10.4. The Bertz CT molecular complexity index is 638. The number of aromatic nitrogens is 2. The summed E-state index contributed by atoms with van der Waals surface area (Å²) in [5.41, 5.74) is 6.61. The van der Waals surface area contributed by atoms with Gasteiger partial charge in [-0.15, -0.1) is 0 Å². The molecule has 22 heavy (non-hydrogen) atoms. The largest absolute Gasteiger partial charge is 0.439 e. The van der Waals surface area contributed by atoms with Gasteiger partial charge < -0.3 is 10.5 Å². The van der Waals surface area contributed by atoms with Gasteiger partial charge in [0.2, 0.25) is 11.8 Å². The van der Waals surface area contributed by atoms with Crippen LogP contribution in [0.25, 0.3) is 0 Å². The number of nitrogens with two attached hydrogens (primary N) is 1. The minimum absolute atomic E-state index is 0.221.